The minimum Gasteiger partial charge on any atom is -0.339 e. The molecule has 0 atom stereocenters. The van der Waals surface area contributed by atoms with Gasteiger partial charge >= 0.3 is 0 Å². The molecule has 1 aromatic carbocycles. The number of halogens is 1. The van der Waals surface area contributed by atoms with Crippen molar-refractivity contribution < 1.29 is 9.32 Å². The van der Waals surface area contributed by atoms with Crippen LogP contribution >= 0.6 is 15.9 Å². The number of carbonyl (C=O) groups is 1. The van der Waals surface area contributed by atoms with Crippen molar-refractivity contribution in [3.05, 3.63) is 58.3 Å². The number of anilines is 1. The van der Waals surface area contributed by atoms with Crippen LogP contribution in [0, 0.1) is 0 Å². The van der Waals surface area contributed by atoms with Gasteiger partial charge in [0.25, 0.3) is 0 Å². The molecule has 2 aromatic heterocycles. The zero-order chi connectivity index (χ0) is 18.4. The van der Waals surface area contributed by atoms with Gasteiger partial charge < -0.3 is 9.84 Å². The predicted octanol–water partition coefficient (Wildman–Crippen LogP) is 3.60. The van der Waals surface area contributed by atoms with Gasteiger partial charge in [0.1, 0.15) is 5.82 Å². The number of nitrogens with one attached hydrogen (secondary N) is 1. The second-order valence-electron chi connectivity index (χ2n) is 5.90. The molecule has 2 heterocycles. The number of amides is 1. The summed E-state index contributed by atoms with van der Waals surface area (Å²) in [7, 11) is 0. The van der Waals surface area contributed by atoms with E-state index in [1.165, 1.54) is 0 Å². The third-order valence-corrected chi connectivity index (χ3v) is 4.31. The van der Waals surface area contributed by atoms with Crippen molar-refractivity contribution in [2.45, 2.75) is 39.2 Å². The largest absolute Gasteiger partial charge is 0.339 e. The smallest absolute Gasteiger partial charge is 0.227 e. The number of benzene rings is 1. The van der Waals surface area contributed by atoms with Crippen LogP contribution in [0.25, 0.3) is 0 Å². The van der Waals surface area contributed by atoms with Crippen molar-refractivity contribution in [1.82, 2.24) is 19.9 Å². The molecule has 7 nitrogen and oxygen atoms in total. The number of carbonyl (C=O) groups excluding carboxylic acids is 1. The Bertz CT molecular complexity index is 857. The van der Waals surface area contributed by atoms with Crippen LogP contribution in [-0.2, 0) is 24.2 Å². The Hall–Kier alpha value is -2.48. The highest BCUT2D eigenvalue weighted by molar-refractivity contribution is 9.10. The molecule has 0 radical (unpaired) electrons. The fourth-order valence-electron chi connectivity index (χ4n) is 2.47. The molecular formula is C18H20BrN5O2. The fraction of sp³-hybridized carbons (Fsp3) is 0.333. The molecule has 26 heavy (non-hydrogen) atoms. The van der Waals surface area contributed by atoms with E-state index in [9.17, 15) is 4.79 Å². The van der Waals surface area contributed by atoms with Gasteiger partial charge in [-0.3, -0.25) is 4.79 Å². The molecule has 1 N–H and O–H groups in total. The van der Waals surface area contributed by atoms with Gasteiger partial charge in [0.2, 0.25) is 11.8 Å². The molecule has 0 saturated carbocycles. The SMILES string of the molecule is CCCc1noc(CCC(=O)Nc2ccnn2Cc2ccc(Br)cc2)n1. The molecule has 3 rings (SSSR count). The normalized spacial score (nSPS) is 10.8. The first-order valence-corrected chi connectivity index (χ1v) is 9.31. The third-order valence-electron chi connectivity index (χ3n) is 3.78. The molecule has 0 aliphatic rings. The van der Waals surface area contributed by atoms with E-state index >= 15 is 0 Å². The zero-order valence-electron chi connectivity index (χ0n) is 14.5. The molecule has 0 fully saturated rings. The average molecular weight is 418 g/mol. The molecule has 0 aliphatic carbocycles. The maximum atomic E-state index is 12.2. The van der Waals surface area contributed by atoms with Gasteiger partial charge in [-0.25, -0.2) is 4.68 Å². The summed E-state index contributed by atoms with van der Waals surface area (Å²) < 4.78 is 7.94. The van der Waals surface area contributed by atoms with E-state index in [0.29, 0.717) is 30.5 Å². The summed E-state index contributed by atoms with van der Waals surface area (Å²) >= 11 is 3.42. The molecule has 0 aliphatic heterocycles. The summed E-state index contributed by atoms with van der Waals surface area (Å²) in [4.78, 5) is 16.5. The topological polar surface area (TPSA) is 85.8 Å². The van der Waals surface area contributed by atoms with Crippen LogP contribution in [0.3, 0.4) is 0 Å². The van der Waals surface area contributed by atoms with E-state index in [1.807, 2.05) is 24.3 Å². The molecule has 0 spiro atoms. The summed E-state index contributed by atoms with van der Waals surface area (Å²) in [5.41, 5.74) is 1.10. The average Bonchev–Trinajstić information content (AvgIpc) is 3.25. The van der Waals surface area contributed by atoms with E-state index in [0.717, 1.165) is 22.9 Å². The van der Waals surface area contributed by atoms with Crippen molar-refractivity contribution in [1.29, 1.82) is 0 Å². The number of aryl methyl sites for hydroxylation is 2. The Morgan fingerprint density at radius 3 is 2.81 bits per heavy atom. The van der Waals surface area contributed by atoms with Crippen LogP contribution in [0.15, 0.2) is 45.5 Å². The lowest BCUT2D eigenvalue weighted by Gasteiger charge is -2.09. The number of rotatable bonds is 8. The van der Waals surface area contributed by atoms with Gasteiger partial charge in [-0.15, -0.1) is 0 Å². The number of hydrogen-bond donors (Lipinski definition) is 1. The standard InChI is InChI=1S/C18H20BrN5O2/c1-2-3-15-21-18(26-23-15)9-8-17(25)22-16-10-11-20-24(16)12-13-4-6-14(19)7-5-13/h4-7,10-11H,2-3,8-9,12H2,1H3,(H,22,25). The first-order valence-electron chi connectivity index (χ1n) is 8.51. The number of nitrogens with zero attached hydrogens (tertiary/aromatic N) is 4. The fourth-order valence-corrected chi connectivity index (χ4v) is 2.73. The molecule has 0 saturated heterocycles. The van der Waals surface area contributed by atoms with Gasteiger partial charge in [0, 0.05) is 29.8 Å². The van der Waals surface area contributed by atoms with Crippen molar-refractivity contribution in [2.24, 2.45) is 0 Å². The number of hydrogen-bond acceptors (Lipinski definition) is 5. The zero-order valence-corrected chi connectivity index (χ0v) is 16.1. The first-order chi connectivity index (χ1) is 12.6. The lowest BCUT2D eigenvalue weighted by atomic mass is 10.2. The summed E-state index contributed by atoms with van der Waals surface area (Å²) in [6, 6.07) is 9.77. The summed E-state index contributed by atoms with van der Waals surface area (Å²) in [5, 5.41) is 11.1. The van der Waals surface area contributed by atoms with Gasteiger partial charge in [0.05, 0.1) is 12.7 Å². The minimum atomic E-state index is -0.113. The lowest BCUT2D eigenvalue weighted by Crippen LogP contribution is -2.16. The van der Waals surface area contributed by atoms with Crippen LogP contribution in [-0.4, -0.2) is 25.8 Å². The molecule has 0 bridgehead atoms. The summed E-state index contributed by atoms with van der Waals surface area (Å²) in [6.07, 6.45) is 4.11. The van der Waals surface area contributed by atoms with Gasteiger partial charge in [-0.1, -0.05) is 40.1 Å². The van der Waals surface area contributed by atoms with Crippen molar-refractivity contribution in [3.8, 4) is 0 Å². The van der Waals surface area contributed by atoms with E-state index in [4.69, 9.17) is 4.52 Å². The molecule has 3 aromatic rings. The maximum Gasteiger partial charge on any atom is 0.227 e. The van der Waals surface area contributed by atoms with Gasteiger partial charge in [-0.2, -0.15) is 10.1 Å². The Kier molecular flexibility index (Phi) is 6.17. The Morgan fingerprint density at radius 1 is 1.23 bits per heavy atom. The predicted molar refractivity (Wildman–Crippen MR) is 101 cm³/mol. The van der Waals surface area contributed by atoms with Crippen LogP contribution in [0.4, 0.5) is 5.82 Å². The van der Waals surface area contributed by atoms with Crippen LogP contribution in [0.2, 0.25) is 0 Å². The van der Waals surface area contributed by atoms with Crippen LogP contribution in [0.1, 0.15) is 37.0 Å². The lowest BCUT2D eigenvalue weighted by molar-refractivity contribution is -0.116. The molecule has 0 unspecified atom stereocenters. The molecule has 8 heteroatoms. The van der Waals surface area contributed by atoms with Crippen molar-refractivity contribution >= 4 is 27.7 Å². The first kappa shape index (κ1) is 18.3. The quantitative estimate of drug-likeness (QED) is 0.604. The second kappa shape index (κ2) is 8.75. The van der Waals surface area contributed by atoms with Crippen LogP contribution in [0.5, 0.6) is 0 Å². The molecular weight excluding hydrogens is 398 g/mol. The van der Waals surface area contributed by atoms with E-state index < -0.39 is 0 Å². The van der Waals surface area contributed by atoms with Crippen molar-refractivity contribution in [2.75, 3.05) is 5.32 Å². The Labute approximate surface area is 159 Å². The highest BCUT2D eigenvalue weighted by Gasteiger charge is 2.11. The molecule has 136 valence electrons. The second-order valence-corrected chi connectivity index (χ2v) is 6.82. The summed E-state index contributed by atoms with van der Waals surface area (Å²) in [6.45, 7) is 2.64. The summed E-state index contributed by atoms with van der Waals surface area (Å²) in [5.74, 6) is 1.73. The highest BCUT2D eigenvalue weighted by atomic mass is 79.9. The van der Waals surface area contributed by atoms with Crippen molar-refractivity contribution in [3.63, 3.8) is 0 Å². The Balaban J connectivity index is 1.54. The minimum absolute atomic E-state index is 0.113. The highest BCUT2D eigenvalue weighted by Crippen LogP contribution is 2.14. The van der Waals surface area contributed by atoms with Crippen LogP contribution < -0.4 is 5.32 Å². The maximum absolute atomic E-state index is 12.2. The van der Waals surface area contributed by atoms with E-state index in [2.05, 4.69) is 43.4 Å². The van der Waals surface area contributed by atoms with E-state index in [1.54, 1.807) is 16.9 Å². The van der Waals surface area contributed by atoms with E-state index in [-0.39, 0.29) is 12.3 Å². The van der Waals surface area contributed by atoms with Gasteiger partial charge in [-0.05, 0) is 24.1 Å². The monoisotopic (exact) mass is 417 g/mol. The number of aromatic nitrogens is 4. The third kappa shape index (κ3) is 5.01. The Morgan fingerprint density at radius 2 is 2.04 bits per heavy atom. The molecule has 1 amide bonds. The van der Waals surface area contributed by atoms with Gasteiger partial charge in [0.15, 0.2) is 5.82 Å².